The van der Waals surface area contributed by atoms with Gasteiger partial charge in [-0.05, 0) is 50.7 Å². The zero-order chi connectivity index (χ0) is 13.0. The maximum Gasteiger partial charge on any atom is 0.0850 e. The van der Waals surface area contributed by atoms with Gasteiger partial charge in [0, 0.05) is 12.2 Å². The number of hydrogen-bond acceptors (Lipinski definition) is 2. The number of nitrogens with zero attached hydrogens (tertiary/aromatic N) is 2. The summed E-state index contributed by atoms with van der Waals surface area (Å²) in [7, 11) is 0. The molecule has 3 nitrogen and oxygen atoms in total. The Bertz CT molecular complexity index is 402. The second-order valence-corrected chi connectivity index (χ2v) is 5.35. The van der Waals surface area contributed by atoms with Gasteiger partial charge in [-0.2, -0.15) is 5.10 Å². The van der Waals surface area contributed by atoms with Crippen molar-refractivity contribution in [2.75, 3.05) is 0 Å². The minimum atomic E-state index is 0.353. The largest absolute Gasteiger partial charge is 0.327 e. The lowest BCUT2D eigenvalue weighted by atomic mass is 9.91. The Hall–Kier alpha value is -1.09. The van der Waals surface area contributed by atoms with E-state index in [1.165, 1.54) is 24.8 Å². The average molecular weight is 247 g/mol. The van der Waals surface area contributed by atoms with Crippen molar-refractivity contribution in [2.24, 2.45) is 5.73 Å². The van der Waals surface area contributed by atoms with E-state index in [4.69, 9.17) is 5.73 Å². The van der Waals surface area contributed by atoms with Crippen LogP contribution in [0, 0.1) is 0 Å². The summed E-state index contributed by atoms with van der Waals surface area (Å²) in [4.78, 5) is 0. The molecule has 0 bridgehead atoms. The first-order chi connectivity index (χ1) is 8.72. The average Bonchev–Trinajstić information content (AvgIpc) is 2.79. The summed E-state index contributed by atoms with van der Waals surface area (Å²) in [6, 6.07) is 3.00. The highest BCUT2D eigenvalue weighted by Crippen LogP contribution is 2.24. The molecule has 1 saturated carbocycles. The number of hydrogen-bond donors (Lipinski definition) is 1. The Morgan fingerprint density at radius 3 is 2.94 bits per heavy atom. The Morgan fingerprint density at radius 2 is 2.28 bits per heavy atom. The predicted molar refractivity (Wildman–Crippen MR) is 76.3 cm³/mol. The third-order valence-electron chi connectivity index (χ3n) is 3.89. The van der Waals surface area contributed by atoms with Crippen LogP contribution in [0.1, 0.15) is 64.1 Å². The summed E-state index contributed by atoms with van der Waals surface area (Å²) in [6.07, 6.45) is 11.2. The molecule has 0 saturated heterocycles. The molecule has 0 aliphatic heterocycles. The van der Waals surface area contributed by atoms with Gasteiger partial charge in [-0.1, -0.05) is 19.4 Å². The molecule has 0 amide bonds. The SMILES string of the molecule is CCC(CC)n1ccc(/C=C2/CCCC(N)C2)n1. The van der Waals surface area contributed by atoms with Gasteiger partial charge in [-0.15, -0.1) is 0 Å². The van der Waals surface area contributed by atoms with Crippen LogP contribution in [0.4, 0.5) is 0 Å². The molecule has 0 radical (unpaired) electrons. The normalized spacial score (nSPS) is 22.9. The Balaban J connectivity index is 2.07. The van der Waals surface area contributed by atoms with Gasteiger partial charge >= 0.3 is 0 Å². The van der Waals surface area contributed by atoms with Crippen LogP contribution < -0.4 is 5.73 Å². The minimum Gasteiger partial charge on any atom is -0.327 e. The van der Waals surface area contributed by atoms with Crippen molar-refractivity contribution in [3.05, 3.63) is 23.5 Å². The van der Waals surface area contributed by atoms with Gasteiger partial charge in [0.1, 0.15) is 0 Å². The van der Waals surface area contributed by atoms with Gasteiger partial charge in [0.05, 0.1) is 11.7 Å². The molecular formula is C15H25N3. The van der Waals surface area contributed by atoms with Crippen LogP contribution in [0.3, 0.4) is 0 Å². The molecule has 100 valence electrons. The highest BCUT2D eigenvalue weighted by molar-refractivity contribution is 5.48. The van der Waals surface area contributed by atoms with Gasteiger partial charge in [0.15, 0.2) is 0 Å². The van der Waals surface area contributed by atoms with Gasteiger partial charge in [0.25, 0.3) is 0 Å². The van der Waals surface area contributed by atoms with Crippen molar-refractivity contribution < 1.29 is 0 Å². The van der Waals surface area contributed by atoms with E-state index in [-0.39, 0.29) is 0 Å². The summed E-state index contributed by atoms with van der Waals surface area (Å²) in [6.45, 7) is 4.43. The zero-order valence-corrected chi connectivity index (χ0v) is 11.6. The molecule has 18 heavy (non-hydrogen) atoms. The molecule has 1 unspecified atom stereocenters. The molecule has 1 aliphatic rings. The fraction of sp³-hybridized carbons (Fsp3) is 0.667. The van der Waals surface area contributed by atoms with Crippen molar-refractivity contribution in [3.8, 4) is 0 Å². The third-order valence-corrected chi connectivity index (χ3v) is 3.89. The van der Waals surface area contributed by atoms with Crippen LogP contribution in [0.15, 0.2) is 17.8 Å². The highest BCUT2D eigenvalue weighted by Gasteiger charge is 2.13. The molecule has 1 aliphatic carbocycles. The van der Waals surface area contributed by atoms with Gasteiger partial charge in [0.2, 0.25) is 0 Å². The summed E-state index contributed by atoms with van der Waals surface area (Å²) >= 11 is 0. The zero-order valence-electron chi connectivity index (χ0n) is 11.6. The van der Waals surface area contributed by atoms with Gasteiger partial charge in [-0.25, -0.2) is 0 Å². The smallest absolute Gasteiger partial charge is 0.0850 e. The fourth-order valence-corrected chi connectivity index (χ4v) is 2.77. The second kappa shape index (κ2) is 6.19. The van der Waals surface area contributed by atoms with E-state index >= 15 is 0 Å². The number of rotatable bonds is 4. The maximum absolute atomic E-state index is 6.01. The van der Waals surface area contributed by atoms with E-state index in [0.717, 1.165) is 25.0 Å². The minimum absolute atomic E-state index is 0.353. The molecule has 1 atom stereocenters. The molecule has 1 aromatic rings. The van der Waals surface area contributed by atoms with Crippen molar-refractivity contribution in [2.45, 2.75) is 64.5 Å². The summed E-state index contributed by atoms with van der Waals surface area (Å²) in [5, 5.41) is 4.67. The second-order valence-electron chi connectivity index (χ2n) is 5.35. The third kappa shape index (κ3) is 3.22. The van der Waals surface area contributed by atoms with Crippen LogP contribution in [0.5, 0.6) is 0 Å². The van der Waals surface area contributed by atoms with E-state index in [0.29, 0.717) is 12.1 Å². The molecule has 1 aromatic heterocycles. The van der Waals surface area contributed by atoms with Crippen LogP contribution >= 0.6 is 0 Å². The van der Waals surface area contributed by atoms with E-state index < -0.39 is 0 Å². The van der Waals surface area contributed by atoms with E-state index in [1.54, 1.807) is 0 Å². The van der Waals surface area contributed by atoms with Crippen LogP contribution in [0.2, 0.25) is 0 Å². The van der Waals surface area contributed by atoms with Gasteiger partial charge < -0.3 is 5.73 Å². The molecule has 3 heteroatoms. The molecule has 1 fully saturated rings. The Morgan fingerprint density at radius 1 is 1.50 bits per heavy atom. The first-order valence-electron chi connectivity index (χ1n) is 7.23. The van der Waals surface area contributed by atoms with E-state index in [2.05, 4.69) is 42.0 Å². The lowest BCUT2D eigenvalue weighted by Crippen LogP contribution is -2.23. The topological polar surface area (TPSA) is 43.8 Å². The molecular weight excluding hydrogens is 222 g/mol. The van der Waals surface area contributed by atoms with Crippen molar-refractivity contribution in [3.63, 3.8) is 0 Å². The quantitative estimate of drug-likeness (QED) is 0.884. The number of nitrogens with two attached hydrogens (primary N) is 1. The summed E-state index contributed by atoms with van der Waals surface area (Å²) in [5.41, 5.74) is 8.56. The molecule has 0 spiro atoms. The predicted octanol–water partition coefficient (Wildman–Crippen LogP) is 3.53. The highest BCUT2D eigenvalue weighted by atomic mass is 15.3. The van der Waals surface area contributed by atoms with E-state index in [9.17, 15) is 0 Å². The molecule has 2 N–H and O–H groups in total. The van der Waals surface area contributed by atoms with Crippen molar-refractivity contribution in [1.29, 1.82) is 0 Å². The molecule has 2 rings (SSSR count). The lowest BCUT2D eigenvalue weighted by Gasteiger charge is -2.20. The maximum atomic E-state index is 6.01. The fourth-order valence-electron chi connectivity index (χ4n) is 2.77. The first kappa shape index (κ1) is 13.3. The summed E-state index contributed by atoms with van der Waals surface area (Å²) < 4.78 is 2.11. The molecule has 1 heterocycles. The lowest BCUT2D eigenvalue weighted by molar-refractivity contribution is 0.428. The monoisotopic (exact) mass is 247 g/mol. The van der Waals surface area contributed by atoms with Gasteiger partial charge in [-0.3, -0.25) is 4.68 Å². The van der Waals surface area contributed by atoms with Crippen molar-refractivity contribution in [1.82, 2.24) is 9.78 Å². The van der Waals surface area contributed by atoms with Crippen LogP contribution in [0.25, 0.3) is 6.08 Å². The van der Waals surface area contributed by atoms with Crippen LogP contribution in [-0.4, -0.2) is 15.8 Å². The Kier molecular flexibility index (Phi) is 4.59. The van der Waals surface area contributed by atoms with Crippen molar-refractivity contribution >= 4 is 6.08 Å². The van der Waals surface area contributed by atoms with Crippen LogP contribution in [-0.2, 0) is 0 Å². The standard InChI is InChI=1S/C15H25N3/c1-3-15(4-2)18-9-8-14(17-18)11-12-6-5-7-13(16)10-12/h8-9,11,13,15H,3-7,10,16H2,1-2H3/b12-11-. The number of aromatic nitrogens is 2. The first-order valence-corrected chi connectivity index (χ1v) is 7.23. The Labute approximate surface area is 110 Å². The summed E-state index contributed by atoms with van der Waals surface area (Å²) in [5.74, 6) is 0. The van der Waals surface area contributed by atoms with E-state index in [1.807, 2.05) is 0 Å². The molecule has 0 aromatic carbocycles.